The highest BCUT2D eigenvalue weighted by molar-refractivity contribution is 5.84. The number of rotatable bonds is 6. The van der Waals surface area contributed by atoms with E-state index >= 15 is 0 Å². The average molecular weight is 386 g/mol. The predicted molar refractivity (Wildman–Crippen MR) is 101 cm³/mol. The van der Waals surface area contributed by atoms with Crippen LogP contribution in [0.4, 0.5) is 11.8 Å². The number of hydrogen-bond acceptors (Lipinski definition) is 9. The highest BCUT2D eigenvalue weighted by Crippen LogP contribution is 2.32. The van der Waals surface area contributed by atoms with Gasteiger partial charge in [-0.05, 0) is 12.0 Å². The smallest absolute Gasteiger partial charge is 0.224 e. The van der Waals surface area contributed by atoms with Crippen molar-refractivity contribution < 1.29 is 20.1 Å². The molecule has 3 heterocycles. The molecule has 6 N–H and O–H groups in total. The third-order valence-electron chi connectivity index (χ3n) is 4.78. The van der Waals surface area contributed by atoms with Gasteiger partial charge in [0.15, 0.2) is 23.2 Å². The number of aliphatic hydroxyl groups is 3. The lowest BCUT2D eigenvalue weighted by atomic mass is 10.1. The van der Waals surface area contributed by atoms with Crippen LogP contribution >= 0.6 is 0 Å². The molecule has 0 unspecified atom stereocenters. The van der Waals surface area contributed by atoms with Gasteiger partial charge in [-0.1, -0.05) is 30.3 Å². The molecule has 0 aliphatic carbocycles. The van der Waals surface area contributed by atoms with E-state index in [1.807, 2.05) is 30.3 Å². The molecule has 1 fully saturated rings. The molecule has 0 saturated carbocycles. The molecule has 2 aromatic heterocycles. The van der Waals surface area contributed by atoms with Gasteiger partial charge in [-0.15, -0.1) is 0 Å². The number of hydrogen-bond donors (Lipinski definition) is 5. The Bertz CT molecular complexity index is 950. The second kappa shape index (κ2) is 7.68. The first-order valence-corrected chi connectivity index (χ1v) is 8.98. The molecule has 1 aliphatic rings. The van der Waals surface area contributed by atoms with E-state index in [-0.39, 0.29) is 5.95 Å². The molecule has 0 amide bonds. The number of anilines is 2. The number of nitrogens with zero attached hydrogens (tertiary/aromatic N) is 4. The maximum atomic E-state index is 10.3. The van der Waals surface area contributed by atoms with Gasteiger partial charge in [-0.3, -0.25) is 4.57 Å². The van der Waals surface area contributed by atoms with Crippen LogP contribution in [0.25, 0.3) is 11.2 Å². The van der Waals surface area contributed by atoms with Crippen LogP contribution in [0, 0.1) is 0 Å². The molecule has 1 aromatic carbocycles. The fraction of sp³-hybridized carbons (Fsp3) is 0.389. The zero-order valence-electron chi connectivity index (χ0n) is 15.0. The van der Waals surface area contributed by atoms with Gasteiger partial charge in [0.2, 0.25) is 5.95 Å². The van der Waals surface area contributed by atoms with Crippen LogP contribution in [0.15, 0.2) is 36.7 Å². The maximum Gasteiger partial charge on any atom is 0.224 e. The van der Waals surface area contributed by atoms with Crippen LogP contribution in [0.5, 0.6) is 0 Å². The van der Waals surface area contributed by atoms with Crippen molar-refractivity contribution >= 4 is 22.9 Å². The molecule has 1 saturated heterocycles. The highest BCUT2D eigenvalue weighted by atomic mass is 16.6. The van der Waals surface area contributed by atoms with Crippen LogP contribution < -0.4 is 11.1 Å². The van der Waals surface area contributed by atoms with Crippen molar-refractivity contribution in [3.63, 3.8) is 0 Å². The lowest BCUT2D eigenvalue weighted by molar-refractivity contribution is -0.0511. The Balaban J connectivity index is 1.58. The molecule has 28 heavy (non-hydrogen) atoms. The second-order valence-corrected chi connectivity index (χ2v) is 6.65. The zero-order valence-corrected chi connectivity index (χ0v) is 15.0. The Morgan fingerprint density at radius 2 is 1.93 bits per heavy atom. The third-order valence-corrected chi connectivity index (χ3v) is 4.78. The standard InChI is InChI=1S/C18H22N6O4/c19-18-22-15(20-7-6-10-4-2-1-3-5-10)12-16(23-18)24(9-21-12)17-14(27)13(26)11(8-25)28-17/h1-5,9,11,13-14,17,25-27H,6-8H2,(H3,19,20,22,23)/t11-,13+,14-,17+/m0/s1. The van der Waals surface area contributed by atoms with Gasteiger partial charge in [0.05, 0.1) is 12.9 Å². The molecule has 3 aromatic rings. The van der Waals surface area contributed by atoms with E-state index < -0.39 is 31.1 Å². The SMILES string of the molecule is Nc1nc(NCCc2ccccc2)c2ncn([C@@H]3O[C@@H](CO)[C@@H](O)[C@@H]3O)c2n1. The predicted octanol–water partition coefficient (Wildman–Crippen LogP) is -0.325. The van der Waals surface area contributed by atoms with E-state index in [0.29, 0.717) is 23.5 Å². The molecule has 10 heteroatoms. The van der Waals surface area contributed by atoms with Gasteiger partial charge in [-0.25, -0.2) is 4.98 Å². The van der Waals surface area contributed by atoms with Gasteiger partial charge in [0.25, 0.3) is 0 Å². The van der Waals surface area contributed by atoms with Gasteiger partial charge < -0.3 is 31.1 Å². The second-order valence-electron chi connectivity index (χ2n) is 6.65. The number of imidazole rings is 1. The summed E-state index contributed by atoms with van der Waals surface area (Å²) in [6.07, 6.45) is -2.04. The minimum Gasteiger partial charge on any atom is -0.394 e. The van der Waals surface area contributed by atoms with E-state index in [9.17, 15) is 15.3 Å². The van der Waals surface area contributed by atoms with Crippen molar-refractivity contribution in [3.8, 4) is 0 Å². The summed E-state index contributed by atoms with van der Waals surface area (Å²) < 4.78 is 7.04. The van der Waals surface area contributed by atoms with E-state index in [0.717, 1.165) is 6.42 Å². The molecule has 1 aliphatic heterocycles. The summed E-state index contributed by atoms with van der Waals surface area (Å²) in [7, 11) is 0. The van der Waals surface area contributed by atoms with Crippen molar-refractivity contribution in [2.45, 2.75) is 31.0 Å². The Hall–Kier alpha value is -2.79. The van der Waals surface area contributed by atoms with Crippen molar-refractivity contribution in [1.29, 1.82) is 0 Å². The number of fused-ring (bicyclic) bond motifs is 1. The summed E-state index contributed by atoms with van der Waals surface area (Å²) in [5.74, 6) is 0.520. The number of ether oxygens (including phenoxy) is 1. The van der Waals surface area contributed by atoms with Crippen LogP contribution in [-0.2, 0) is 11.2 Å². The van der Waals surface area contributed by atoms with Gasteiger partial charge >= 0.3 is 0 Å². The van der Waals surface area contributed by atoms with E-state index in [2.05, 4.69) is 20.3 Å². The Morgan fingerprint density at radius 3 is 2.64 bits per heavy atom. The van der Waals surface area contributed by atoms with Gasteiger partial charge in [0, 0.05) is 6.54 Å². The molecule has 4 rings (SSSR count). The first-order valence-electron chi connectivity index (χ1n) is 8.98. The lowest BCUT2D eigenvalue weighted by Gasteiger charge is -2.16. The summed E-state index contributed by atoms with van der Waals surface area (Å²) in [5.41, 5.74) is 7.88. The maximum absolute atomic E-state index is 10.3. The normalized spacial score (nSPS) is 24.7. The molecular formula is C18H22N6O4. The number of aliphatic hydroxyl groups excluding tert-OH is 3. The van der Waals surface area contributed by atoms with Crippen molar-refractivity contribution in [2.75, 3.05) is 24.2 Å². The zero-order chi connectivity index (χ0) is 19.7. The lowest BCUT2D eigenvalue weighted by Crippen LogP contribution is -2.33. The first-order chi connectivity index (χ1) is 13.6. The minimum atomic E-state index is -1.24. The molecule has 148 valence electrons. The van der Waals surface area contributed by atoms with Crippen molar-refractivity contribution in [1.82, 2.24) is 19.5 Å². The molecular weight excluding hydrogens is 364 g/mol. The third kappa shape index (κ3) is 3.38. The summed E-state index contributed by atoms with van der Waals surface area (Å²) in [5, 5.41) is 32.8. The van der Waals surface area contributed by atoms with Crippen LogP contribution in [0.3, 0.4) is 0 Å². The fourth-order valence-electron chi connectivity index (χ4n) is 3.32. The average Bonchev–Trinajstić information content (AvgIpc) is 3.24. The van der Waals surface area contributed by atoms with Crippen LogP contribution in [0.1, 0.15) is 11.8 Å². The Labute approximate surface area is 160 Å². The number of nitrogen functional groups attached to an aromatic ring is 1. The number of benzene rings is 1. The van der Waals surface area contributed by atoms with Gasteiger partial charge in [-0.2, -0.15) is 9.97 Å². The fourth-order valence-corrected chi connectivity index (χ4v) is 3.32. The molecule has 0 radical (unpaired) electrons. The first kappa shape index (κ1) is 18.6. The van der Waals surface area contributed by atoms with Crippen molar-refractivity contribution in [3.05, 3.63) is 42.2 Å². The largest absolute Gasteiger partial charge is 0.394 e. The Morgan fingerprint density at radius 1 is 1.14 bits per heavy atom. The monoisotopic (exact) mass is 386 g/mol. The topological polar surface area (TPSA) is 152 Å². The molecule has 0 spiro atoms. The summed E-state index contributed by atoms with van der Waals surface area (Å²) in [6, 6.07) is 10.0. The van der Waals surface area contributed by atoms with E-state index in [1.54, 1.807) is 0 Å². The summed E-state index contributed by atoms with van der Waals surface area (Å²) in [4.78, 5) is 12.8. The van der Waals surface area contributed by atoms with Crippen LogP contribution in [-0.4, -0.2) is 66.3 Å². The minimum absolute atomic E-state index is 0.0446. The van der Waals surface area contributed by atoms with Crippen molar-refractivity contribution in [2.24, 2.45) is 0 Å². The molecule has 10 nitrogen and oxygen atoms in total. The number of aromatic nitrogens is 4. The molecule has 0 bridgehead atoms. The number of nitrogens with one attached hydrogen (secondary N) is 1. The van der Waals surface area contributed by atoms with E-state index in [1.165, 1.54) is 16.5 Å². The quantitative estimate of drug-likeness (QED) is 0.383. The number of nitrogens with two attached hydrogens (primary N) is 1. The molecule has 4 atom stereocenters. The van der Waals surface area contributed by atoms with Gasteiger partial charge in [0.1, 0.15) is 18.3 Å². The Kier molecular flexibility index (Phi) is 5.09. The van der Waals surface area contributed by atoms with E-state index in [4.69, 9.17) is 10.5 Å². The highest BCUT2D eigenvalue weighted by Gasteiger charge is 2.44. The summed E-state index contributed by atoms with van der Waals surface area (Å²) in [6.45, 7) is 0.209. The van der Waals surface area contributed by atoms with Crippen LogP contribution in [0.2, 0.25) is 0 Å². The summed E-state index contributed by atoms with van der Waals surface area (Å²) >= 11 is 0.